The van der Waals surface area contributed by atoms with E-state index in [-0.39, 0.29) is 17.9 Å². The molecule has 1 aliphatic carbocycles. The topological polar surface area (TPSA) is 65.8 Å². The van der Waals surface area contributed by atoms with Gasteiger partial charge in [-0.15, -0.1) is 0 Å². The zero-order valence-corrected chi connectivity index (χ0v) is 15.8. The Bertz CT molecular complexity index is 676. The van der Waals surface area contributed by atoms with Crippen LogP contribution in [0.25, 0.3) is 0 Å². The van der Waals surface area contributed by atoms with Crippen LogP contribution in [0.4, 0.5) is 0 Å². The average Bonchev–Trinajstić information content (AvgIpc) is 3.23. The Morgan fingerprint density at radius 1 is 1.08 bits per heavy atom. The van der Waals surface area contributed by atoms with E-state index in [9.17, 15) is 9.59 Å². The zero-order valence-electron chi connectivity index (χ0n) is 15.8. The molecule has 3 heterocycles. The molecule has 1 aromatic heterocycles. The normalized spacial score (nSPS) is 28.9. The lowest BCUT2D eigenvalue weighted by molar-refractivity contribution is -0.134. The monoisotopic (exact) mass is 359 g/mol. The zero-order chi connectivity index (χ0) is 18.3. The summed E-state index contributed by atoms with van der Waals surface area (Å²) >= 11 is 0. The molecule has 3 unspecified atom stereocenters. The highest BCUT2D eigenvalue weighted by atomic mass is 16.3. The quantitative estimate of drug-likeness (QED) is 0.878. The van der Waals surface area contributed by atoms with Crippen molar-refractivity contribution in [1.29, 1.82) is 0 Å². The Balaban J connectivity index is 1.33. The number of piperazine rings is 1. The van der Waals surface area contributed by atoms with Crippen molar-refractivity contribution in [3.8, 4) is 0 Å². The highest BCUT2D eigenvalue weighted by Crippen LogP contribution is 2.33. The predicted molar refractivity (Wildman–Crippen MR) is 98.0 cm³/mol. The summed E-state index contributed by atoms with van der Waals surface area (Å²) in [4.78, 5) is 29.4. The van der Waals surface area contributed by atoms with Crippen molar-refractivity contribution in [2.45, 2.75) is 58.0 Å². The molecule has 0 bridgehead atoms. The molecule has 0 aromatic carbocycles. The lowest BCUT2D eigenvalue weighted by Gasteiger charge is -2.36. The third kappa shape index (κ3) is 3.27. The number of carbonyl (C=O) groups excluding carboxylic acids is 2. The third-order valence-corrected chi connectivity index (χ3v) is 6.31. The molecule has 3 aliphatic rings. The van der Waals surface area contributed by atoms with Crippen LogP contribution in [0, 0.1) is 19.8 Å². The second-order valence-electron chi connectivity index (χ2n) is 8.05. The van der Waals surface area contributed by atoms with Gasteiger partial charge in [-0.25, -0.2) is 0 Å². The number of rotatable bonds is 2. The van der Waals surface area contributed by atoms with Crippen LogP contribution >= 0.6 is 0 Å². The fourth-order valence-corrected chi connectivity index (χ4v) is 4.87. The van der Waals surface area contributed by atoms with E-state index in [2.05, 4.69) is 5.32 Å². The number of furan rings is 1. The Morgan fingerprint density at radius 3 is 2.42 bits per heavy atom. The summed E-state index contributed by atoms with van der Waals surface area (Å²) in [5.41, 5.74) is 0.642. The molecular formula is C20H29N3O3. The SMILES string of the molecule is Cc1cc(C(=O)N2CCN(C(=O)C3CC4CCCCC4N3)CC2)c(C)o1. The lowest BCUT2D eigenvalue weighted by atomic mass is 9.85. The molecule has 0 radical (unpaired) electrons. The van der Waals surface area contributed by atoms with Gasteiger partial charge in [0.05, 0.1) is 11.6 Å². The van der Waals surface area contributed by atoms with Crippen molar-refractivity contribution < 1.29 is 14.0 Å². The Hall–Kier alpha value is -1.82. The fraction of sp³-hybridized carbons (Fsp3) is 0.700. The average molecular weight is 359 g/mol. The summed E-state index contributed by atoms with van der Waals surface area (Å²) in [5, 5.41) is 3.58. The molecule has 1 N–H and O–H groups in total. The van der Waals surface area contributed by atoms with Crippen LogP contribution in [0.5, 0.6) is 0 Å². The van der Waals surface area contributed by atoms with Crippen LogP contribution < -0.4 is 5.32 Å². The molecule has 3 atom stereocenters. The Morgan fingerprint density at radius 2 is 1.77 bits per heavy atom. The van der Waals surface area contributed by atoms with Crippen LogP contribution in [0.1, 0.15) is 54.0 Å². The van der Waals surface area contributed by atoms with E-state index in [1.807, 2.05) is 23.6 Å². The molecular weight excluding hydrogens is 330 g/mol. The van der Waals surface area contributed by atoms with Gasteiger partial charge in [-0.1, -0.05) is 12.8 Å². The van der Waals surface area contributed by atoms with E-state index in [0.717, 1.165) is 12.2 Å². The van der Waals surface area contributed by atoms with Gasteiger partial charge in [0.15, 0.2) is 0 Å². The first-order chi connectivity index (χ1) is 12.5. The van der Waals surface area contributed by atoms with Crippen molar-refractivity contribution in [3.63, 3.8) is 0 Å². The fourth-order valence-electron chi connectivity index (χ4n) is 4.87. The third-order valence-electron chi connectivity index (χ3n) is 6.31. The maximum atomic E-state index is 12.9. The summed E-state index contributed by atoms with van der Waals surface area (Å²) in [7, 11) is 0. The lowest BCUT2D eigenvalue weighted by Crippen LogP contribution is -2.54. The molecule has 1 saturated carbocycles. The number of nitrogens with zero attached hydrogens (tertiary/aromatic N) is 2. The summed E-state index contributed by atoms with van der Waals surface area (Å²) in [5.74, 6) is 2.34. The number of nitrogens with one attached hydrogen (secondary N) is 1. The minimum atomic E-state index is -0.0240. The van der Waals surface area contributed by atoms with Gasteiger partial charge in [0.2, 0.25) is 5.91 Å². The van der Waals surface area contributed by atoms with Gasteiger partial charge in [-0.05, 0) is 45.1 Å². The van der Waals surface area contributed by atoms with Gasteiger partial charge in [-0.3, -0.25) is 9.59 Å². The second-order valence-corrected chi connectivity index (χ2v) is 8.05. The predicted octanol–water partition coefficient (Wildman–Crippen LogP) is 2.10. The number of carbonyl (C=O) groups is 2. The Kier molecular flexibility index (Phi) is 4.78. The first-order valence-corrected chi connectivity index (χ1v) is 9.94. The molecule has 6 nitrogen and oxygen atoms in total. The standard InChI is InChI=1S/C20H29N3O3/c1-13-11-16(14(2)26-13)19(24)22-7-9-23(10-8-22)20(25)18-12-15-5-3-4-6-17(15)21-18/h11,15,17-18,21H,3-10,12H2,1-2H3. The van der Waals surface area contributed by atoms with E-state index in [4.69, 9.17) is 4.42 Å². The number of amides is 2. The highest BCUT2D eigenvalue weighted by Gasteiger charge is 2.40. The highest BCUT2D eigenvalue weighted by molar-refractivity contribution is 5.95. The van der Waals surface area contributed by atoms with E-state index >= 15 is 0 Å². The Labute approximate surface area is 154 Å². The van der Waals surface area contributed by atoms with Gasteiger partial charge < -0.3 is 19.5 Å². The molecule has 2 amide bonds. The number of aryl methyl sites for hydroxylation is 2. The maximum Gasteiger partial charge on any atom is 0.257 e. The van der Waals surface area contributed by atoms with Crippen molar-refractivity contribution in [2.24, 2.45) is 5.92 Å². The van der Waals surface area contributed by atoms with Gasteiger partial charge >= 0.3 is 0 Å². The largest absolute Gasteiger partial charge is 0.466 e. The summed E-state index contributed by atoms with van der Waals surface area (Å²) in [6.45, 7) is 6.10. The minimum absolute atomic E-state index is 0.0106. The first kappa shape index (κ1) is 17.6. The molecule has 142 valence electrons. The number of hydrogen-bond acceptors (Lipinski definition) is 4. The van der Waals surface area contributed by atoms with E-state index in [1.54, 1.807) is 6.07 Å². The molecule has 2 saturated heterocycles. The smallest absolute Gasteiger partial charge is 0.257 e. The van der Waals surface area contributed by atoms with Crippen molar-refractivity contribution in [3.05, 3.63) is 23.2 Å². The van der Waals surface area contributed by atoms with Gasteiger partial charge in [0.25, 0.3) is 5.91 Å². The number of hydrogen-bond donors (Lipinski definition) is 1. The second kappa shape index (κ2) is 7.06. The van der Waals surface area contributed by atoms with Gasteiger partial charge in [-0.2, -0.15) is 0 Å². The van der Waals surface area contributed by atoms with E-state index in [1.165, 1.54) is 25.7 Å². The number of fused-ring (bicyclic) bond motifs is 1. The van der Waals surface area contributed by atoms with Crippen LogP contribution in [0.3, 0.4) is 0 Å². The van der Waals surface area contributed by atoms with Crippen LogP contribution in [0.15, 0.2) is 10.5 Å². The van der Waals surface area contributed by atoms with Gasteiger partial charge in [0, 0.05) is 32.2 Å². The van der Waals surface area contributed by atoms with Crippen molar-refractivity contribution >= 4 is 11.8 Å². The van der Waals surface area contributed by atoms with Crippen LogP contribution in [-0.4, -0.2) is 59.9 Å². The molecule has 1 aromatic rings. The van der Waals surface area contributed by atoms with E-state index in [0.29, 0.717) is 49.5 Å². The molecule has 0 spiro atoms. The molecule has 6 heteroatoms. The van der Waals surface area contributed by atoms with Crippen LogP contribution in [0.2, 0.25) is 0 Å². The first-order valence-electron chi connectivity index (χ1n) is 9.94. The minimum Gasteiger partial charge on any atom is -0.466 e. The summed E-state index contributed by atoms with van der Waals surface area (Å²) in [6, 6.07) is 2.32. The van der Waals surface area contributed by atoms with Crippen molar-refractivity contribution in [2.75, 3.05) is 26.2 Å². The molecule has 2 aliphatic heterocycles. The molecule has 26 heavy (non-hydrogen) atoms. The van der Waals surface area contributed by atoms with E-state index < -0.39 is 0 Å². The molecule has 4 rings (SSSR count). The van der Waals surface area contributed by atoms with Crippen molar-refractivity contribution in [1.82, 2.24) is 15.1 Å². The maximum absolute atomic E-state index is 12.9. The summed E-state index contributed by atoms with van der Waals surface area (Å²) in [6.07, 6.45) is 6.03. The van der Waals surface area contributed by atoms with Crippen LogP contribution in [-0.2, 0) is 4.79 Å². The van der Waals surface area contributed by atoms with Gasteiger partial charge in [0.1, 0.15) is 11.5 Å². The molecule has 3 fully saturated rings. The summed E-state index contributed by atoms with van der Waals surface area (Å²) < 4.78 is 5.48.